The molecular formula is C20H26N4O4. The van der Waals surface area contributed by atoms with E-state index in [4.69, 9.17) is 9.15 Å². The molecule has 0 saturated carbocycles. The molecule has 1 saturated heterocycles. The number of nitrogens with one attached hydrogen (secondary N) is 1. The number of amides is 2. The summed E-state index contributed by atoms with van der Waals surface area (Å²) in [7, 11) is 0. The average molecular weight is 386 g/mol. The second-order valence-electron chi connectivity index (χ2n) is 7.95. The molecule has 2 aliphatic rings. The minimum atomic E-state index is -0.644. The summed E-state index contributed by atoms with van der Waals surface area (Å²) in [5.41, 5.74) is -0.0951. The van der Waals surface area contributed by atoms with Gasteiger partial charge in [0.15, 0.2) is 6.10 Å². The van der Waals surface area contributed by atoms with Crippen LogP contribution in [0, 0.1) is 5.92 Å². The van der Waals surface area contributed by atoms with Crippen molar-refractivity contribution in [2.75, 3.05) is 19.6 Å². The molecule has 2 aromatic rings. The third-order valence-electron chi connectivity index (χ3n) is 5.46. The lowest BCUT2D eigenvalue weighted by atomic mass is 9.88. The van der Waals surface area contributed by atoms with Gasteiger partial charge in [-0.3, -0.25) is 9.59 Å². The van der Waals surface area contributed by atoms with E-state index in [0.717, 1.165) is 5.82 Å². The van der Waals surface area contributed by atoms with Gasteiger partial charge in [-0.25, -0.2) is 4.98 Å². The second kappa shape index (κ2) is 7.43. The van der Waals surface area contributed by atoms with Crippen molar-refractivity contribution in [3.8, 4) is 0 Å². The fourth-order valence-corrected chi connectivity index (χ4v) is 3.93. The van der Waals surface area contributed by atoms with Gasteiger partial charge in [0.25, 0.3) is 11.8 Å². The quantitative estimate of drug-likeness (QED) is 0.865. The van der Waals surface area contributed by atoms with Crippen molar-refractivity contribution in [2.24, 2.45) is 5.92 Å². The summed E-state index contributed by atoms with van der Waals surface area (Å²) in [5.74, 6) is 1.08. The van der Waals surface area contributed by atoms with E-state index in [0.29, 0.717) is 50.5 Å². The van der Waals surface area contributed by atoms with Crippen LogP contribution in [-0.4, -0.2) is 52.0 Å². The molecule has 0 unspecified atom stereocenters. The number of rotatable bonds is 4. The summed E-state index contributed by atoms with van der Waals surface area (Å²) >= 11 is 0. The fraction of sp³-hybridized carbons (Fsp3) is 0.550. The zero-order chi connectivity index (χ0) is 19.7. The number of furan rings is 1. The number of piperidine rings is 1. The van der Waals surface area contributed by atoms with Crippen molar-refractivity contribution in [1.82, 2.24) is 19.8 Å². The van der Waals surface area contributed by atoms with Crippen LogP contribution in [0.3, 0.4) is 0 Å². The lowest BCUT2D eigenvalue weighted by Crippen LogP contribution is -2.55. The molecule has 1 fully saturated rings. The number of likely N-dealkylation sites (tertiary alicyclic amines) is 1. The highest BCUT2D eigenvalue weighted by molar-refractivity contribution is 5.93. The van der Waals surface area contributed by atoms with Crippen LogP contribution in [0.25, 0.3) is 0 Å². The Balaban J connectivity index is 1.49. The van der Waals surface area contributed by atoms with E-state index in [1.165, 1.54) is 12.5 Å². The Kier molecular flexibility index (Phi) is 4.97. The predicted molar refractivity (Wildman–Crippen MR) is 100 cm³/mol. The molecule has 4 rings (SSSR count). The van der Waals surface area contributed by atoms with E-state index in [9.17, 15) is 9.59 Å². The van der Waals surface area contributed by atoms with Gasteiger partial charge in [0.05, 0.1) is 18.4 Å². The van der Waals surface area contributed by atoms with Gasteiger partial charge in [0.2, 0.25) is 0 Å². The molecular weight excluding hydrogens is 360 g/mol. The highest BCUT2D eigenvalue weighted by atomic mass is 16.5. The molecule has 28 heavy (non-hydrogen) atoms. The predicted octanol–water partition coefficient (Wildman–Crippen LogP) is 1.78. The Morgan fingerprint density at radius 3 is 2.82 bits per heavy atom. The van der Waals surface area contributed by atoms with Crippen molar-refractivity contribution >= 4 is 11.8 Å². The van der Waals surface area contributed by atoms with E-state index in [-0.39, 0.29) is 11.8 Å². The van der Waals surface area contributed by atoms with Gasteiger partial charge in [0.1, 0.15) is 17.7 Å². The average Bonchev–Trinajstić information content (AvgIpc) is 3.38. The number of hydrogen-bond acceptors (Lipinski definition) is 5. The number of carbonyl (C=O) groups is 2. The molecule has 1 atom stereocenters. The fourth-order valence-electron chi connectivity index (χ4n) is 3.93. The van der Waals surface area contributed by atoms with Crippen LogP contribution in [0.5, 0.6) is 0 Å². The lowest BCUT2D eigenvalue weighted by Gasteiger charge is -2.45. The highest BCUT2D eigenvalue weighted by Gasteiger charge is 2.47. The van der Waals surface area contributed by atoms with Crippen molar-refractivity contribution in [3.05, 3.63) is 42.4 Å². The Morgan fingerprint density at radius 1 is 1.36 bits per heavy atom. The first-order valence-corrected chi connectivity index (χ1v) is 9.77. The van der Waals surface area contributed by atoms with Crippen molar-refractivity contribution in [2.45, 2.75) is 44.9 Å². The molecule has 8 nitrogen and oxygen atoms in total. The monoisotopic (exact) mass is 386 g/mol. The van der Waals surface area contributed by atoms with Crippen molar-refractivity contribution in [1.29, 1.82) is 0 Å². The number of nitrogens with zero attached hydrogens (tertiary/aromatic N) is 3. The Labute approximate surface area is 163 Å². The topological polar surface area (TPSA) is 89.6 Å². The molecule has 150 valence electrons. The van der Waals surface area contributed by atoms with Gasteiger partial charge in [0, 0.05) is 44.9 Å². The van der Waals surface area contributed by atoms with E-state index < -0.39 is 11.7 Å². The van der Waals surface area contributed by atoms with Gasteiger partial charge in [-0.05, 0) is 12.0 Å². The van der Waals surface area contributed by atoms with Crippen LogP contribution in [0.2, 0.25) is 0 Å². The second-order valence-corrected chi connectivity index (χ2v) is 7.95. The largest absolute Gasteiger partial charge is 0.472 e. The maximum Gasteiger partial charge on any atom is 0.257 e. The van der Waals surface area contributed by atoms with Crippen molar-refractivity contribution < 1.29 is 18.7 Å². The van der Waals surface area contributed by atoms with Crippen LogP contribution in [0.4, 0.5) is 0 Å². The maximum absolute atomic E-state index is 12.6. The molecule has 0 radical (unpaired) electrons. The molecule has 1 spiro atoms. The molecule has 0 aliphatic carbocycles. The third kappa shape index (κ3) is 3.44. The molecule has 2 amide bonds. The van der Waals surface area contributed by atoms with Crippen LogP contribution < -0.4 is 5.32 Å². The zero-order valence-corrected chi connectivity index (χ0v) is 16.3. The number of hydrogen-bond donors (Lipinski definition) is 1. The molecule has 0 bridgehead atoms. The van der Waals surface area contributed by atoms with Crippen LogP contribution >= 0.6 is 0 Å². The first-order chi connectivity index (χ1) is 13.5. The first-order valence-electron chi connectivity index (χ1n) is 9.77. The Hall–Kier alpha value is -2.61. The Morgan fingerprint density at radius 2 is 2.14 bits per heavy atom. The molecule has 2 aromatic heterocycles. The van der Waals surface area contributed by atoms with Gasteiger partial charge >= 0.3 is 0 Å². The van der Waals surface area contributed by atoms with Crippen LogP contribution in [0.1, 0.15) is 42.9 Å². The van der Waals surface area contributed by atoms with Gasteiger partial charge in [-0.2, -0.15) is 0 Å². The molecule has 2 aliphatic heterocycles. The summed E-state index contributed by atoms with van der Waals surface area (Å²) in [6.45, 7) is 6.27. The number of aromatic nitrogens is 2. The summed E-state index contributed by atoms with van der Waals surface area (Å²) in [5, 5.41) is 2.97. The number of imidazole rings is 1. The summed E-state index contributed by atoms with van der Waals surface area (Å²) in [6.07, 6.45) is 7.24. The van der Waals surface area contributed by atoms with Gasteiger partial charge in [-0.1, -0.05) is 13.8 Å². The highest BCUT2D eigenvalue weighted by Crippen LogP contribution is 2.40. The first kappa shape index (κ1) is 18.7. The number of ether oxygens (including phenoxy) is 1. The summed E-state index contributed by atoms with van der Waals surface area (Å²) in [6, 6.07) is 1.67. The van der Waals surface area contributed by atoms with E-state index in [1.54, 1.807) is 17.2 Å². The minimum absolute atomic E-state index is 0.0472. The Bertz CT molecular complexity index is 834. The molecule has 8 heteroatoms. The maximum atomic E-state index is 12.6. The number of fused-ring (bicyclic) bond motifs is 2. The summed E-state index contributed by atoms with van der Waals surface area (Å²) in [4.78, 5) is 31.5. The zero-order valence-electron chi connectivity index (χ0n) is 16.3. The van der Waals surface area contributed by atoms with Crippen molar-refractivity contribution in [3.63, 3.8) is 0 Å². The minimum Gasteiger partial charge on any atom is -0.472 e. The van der Waals surface area contributed by atoms with Gasteiger partial charge < -0.3 is 23.9 Å². The van der Waals surface area contributed by atoms with Crippen LogP contribution in [-0.2, 0) is 21.7 Å². The SMILES string of the molecule is CC(C)CNC(=O)[C@H]1Cn2ccnc2C2(CCN(C(=O)c3ccoc3)CC2)O1. The number of carbonyl (C=O) groups excluding carboxylic acids is 2. The standard InChI is InChI=1S/C20H26N4O4/c1-14(2)11-22-17(25)16-12-24-9-6-21-19(24)20(28-16)4-7-23(8-5-20)18(26)15-3-10-27-13-15/h3,6,9-10,13-14,16H,4-5,7-8,11-12H2,1-2H3,(H,22,25)/t16-/m1/s1. The van der Waals surface area contributed by atoms with Crippen LogP contribution in [0.15, 0.2) is 35.4 Å². The van der Waals surface area contributed by atoms with E-state index in [2.05, 4.69) is 24.1 Å². The molecule has 4 heterocycles. The van der Waals surface area contributed by atoms with E-state index in [1.807, 2.05) is 10.8 Å². The lowest BCUT2D eigenvalue weighted by molar-refractivity contribution is -0.172. The molecule has 0 aromatic carbocycles. The smallest absolute Gasteiger partial charge is 0.257 e. The van der Waals surface area contributed by atoms with Gasteiger partial charge in [-0.15, -0.1) is 0 Å². The third-order valence-corrected chi connectivity index (χ3v) is 5.46. The summed E-state index contributed by atoms with van der Waals surface area (Å²) < 4.78 is 13.4. The normalized spacial score (nSPS) is 21.0. The van der Waals surface area contributed by atoms with E-state index >= 15 is 0 Å². The molecule has 1 N–H and O–H groups in total.